The van der Waals surface area contributed by atoms with Crippen LogP contribution in [0.5, 0.6) is 0 Å². The van der Waals surface area contributed by atoms with Gasteiger partial charge in [-0.05, 0) is 12.8 Å². The van der Waals surface area contributed by atoms with E-state index in [1.54, 1.807) is 7.11 Å². The normalized spacial score (nSPS) is 14.2. The first kappa shape index (κ1) is 14.7. The van der Waals surface area contributed by atoms with E-state index >= 15 is 0 Å². The standard InChI is InChI=1S/C12H21N5O3/c1-19-7-6-13-8-11-16-17-12(20-11)14-5-4-10(18)15-9-2-3-9/h9,13H,2-8H2,1H3,(H,14,17)(H,15,18). The first-order valence-corrected chi connectivity index (χ1v) is 6.83. The number of nitrogens with zero attached hydrogens (tertiary/aromatic N) is 2. The van der Waals surface area contributed by atoms with Crippen molar-refractivity contribution in [2.24, 2.45) is 0 Å². The molecule has 1 heterocycles. The third kappa shape index (κ3) is 5.54. The number of amides is 1. The topological polar surface area (TPSA) is 101 Å². The maximum absolute atomic E-state index is 11.5. The van der Waals surface area contributed by atoms with Crippen LogP contribution < -0.4 is 16.0 Å². The molecule has 3 N–H and O–H groups in total. The Kier molecular flexibility index (Phi) is 5.75. The number of methoxy groups -OCH3 is 1. The van der Waals surface area contributed by atoms with Crippen molar-refractivity contribution >= 4 is 11.9 Å². The largest absolute Gasteiger partial charge is 0.407 e. The Balaban J connectivity index is 1.58. The molecule has 1 fully saturated rings. The lowest BCUT2D eigenvalue weighted by atomic mass is 10.4. The molecule has 1 amide bonds. The van der Waals surface area contributed by atoms with Crippen LogP contribution in [-0.4, -0.2) is 49.0 Å². The summed E-state index contributed by atoms with van der Waals surface area (Å²) in [5, 5.41) is 16.7. The lowest BCUT2D eigenvalue weighted by Gasteiger charge is -2.03. The molecule has 0 atom stereocenters. The van der Waals surface area contributed by atoms with E-state index in [-0.39, 0.29) is 5.91 Å². The van der Waals surface area contributed by atoms with Gasteiger partial charge in [0, 0.05) is 32.7 Å². The van der Waals surface area contributed by atoms with Crippen LogP contribution in [0.4, 0.5) is 6.01 Å². The maximum atomic E-state index is 11.5. The number of hydrogen-bond donors (Lipinski definition) is 3. The van der Waals surface area contributed by atoms with E-state index < -0.39 is 0 Å². The molecule has 20 heavy (non-hydrogen) atoms. The lowest BCUT2D eigenvalue weighted by molar-refractivity contribution is -0.120. The number of carbonyl (C=O) groups excluding carboxylic acids is 1. The highest BCUT2D eigenvalue weighted by Crippen LogP contribution is 2.18. The molecular formula is C12H21N5O3. The lowest BCUT2D eigenvalue weighted by Crippen LogP contribution is -2.27. The molecule has 0 unspecified atom stereocenters. The predicted octanol–water partition coefficient (Wildman–Crippen LogP) is -0.114. The molecule has 0 saturated heterocycles. The van der Waals surface area contributed by atoms with Crippen LogP contribution in [0.1, 0.15) is 25.2 Å². The Morgan fingerprint density at radius 1 is 1.40 bits per heavy atom. The van der Waals surface area contributed by atoms with E-state index in [1.165, 1.54) is 0 Å². The van der Waals surface area contributed by atoms with Gasteiger partial charge in [-0.25, -0.2) is 0 Å². The highest BCUT2D eigenvalue weighted by atomic mass is 16.5. The number of hydrogen-bond acceptors (Lipinski definition) is 7. The van der Waals surface area contributed by atoms with Crippen LogP contribution in [-0.2, 0) is 16.1 Å². The second-order valence-electron chi connectivity index (χ2n) is 4.69. The summed E-state index contributed by atoms with van der Waals surface area (Å²) in [5.41, 5.74) is 0. The van der Waals surface area contributed by atoms with Crippen LogP contribution in [0.2, 0.25) is 0 Å². The van der Waals surface area contributed by atoms with Gasteiger partial charge in [0.05, 0.1) is 13.2 Å². The zero-order valence-electron chi connectivity index (χ0n) is 11.6. The molecule has 2 rings (SSSR count). The summed E-state index contributed by atoms with van der Waals surface area (Å²) in [4.78, 5) is 11.5. The van der Waals surface area contributed by atoms with Crippen molar-refractivity contribution in [3.63, 3.8) is 0 Å². The van der Waals surface area contributed by atoms with E-state index in [0.717, 1.165) is 19.4 Å². The van der Waals surface area contributed by atoms with E-state index in [9.17, 15) is 4.79 Å². The zero-order chi connectivity index (χ0) is 14.2. The second kappa shape index (κ2) is 7.81. The molecule has 1 aliphatic carbocycles. The van der Waals surface area contributed by atoms with Gasteiger partial charge in [-0.3, -0.25) is 4.79 Å². The van der Waals surface area contributed by atoms with E-state index in [4.69, 9.17) is 9.15 Å². The number of aromatic nitrogens is 2. The third-order valence-corrected chi connectivity index (χ3v) is 2.80. The first-order chi connectivity index (χ1) is 9.78. The molecule has 8 nitrogen and oxygen atoms in total. The van der Waals surface area contributed by atoms with Crippen molar-refractivity contribution in [3.05, 3.63) is 5.89 Å². The molecule has 1 saturated carbocycles. The van der Waals surface area contributed by atoms with Gasteiger partial charge in [0.1, 0.15) is 0 Å². The van der Waals surface area contributed by atoms with Gasteiger partial charge in [0.15, 0.2) is 0 Å². The molecule has 0 spiro atoms. The Morgan fingerprint density at radius 3 is 3.00 bits per heavy atom. The van der Waals surface area contributed by atoms with Gasteiger partial charge in [0.2, 0.25) is 11.8 Å². The van der Waals surface area contributed by atoms with Crippen molar-refractivity contribution < 1.29 is 13.9 Å². The maximum Gasteiger partial charge on any atom is 0.315 e. The minimum Gasteiger partial charge on any atom is -0.407 e. The molecule has 0 aromatic carbocycles. The number of anilines is 1. The molecule has 0 aliphatic heterocycles. The minimum absolute atomic E-state index is 0.0565. The summed E-state index contributed by atoms with van der Waals surface area (Å²) >= 11 is 0. The number of rotatable bonds is 10. The third-order valence-electron chi connectivity index (χ3n) is 2.80. The Morgan fingerprint density at radius 2 is 2.25 bits per heavy atom. The fourth-order valence-corrected chi connectivity index (χ4v) is 1.58. The highest BCUT2D eigenvalue weighted by Gasteiger charge is 2.22. The average Bonchev–Trinajstić information content (AvgIpc) is 3.12. The monoisotopic (exact) mass is 283 g/mol. The molecule has 8 heteroatoms. The summed E-state index contributed by atoms with van der Waals surface area (Å²) in [6.07, 6.45) is 2.60. The van der Waals surface area contributed by atoms with E-state index in [2.05, 4.69) is 26.1 Å². The highest BCUT2D eigenvalue weighted by molar-refractivity contribution is 5.77. The van der Waals surface area contributed by atoms with Crippen molar-refractivity contribution in [2.75, 3.05) is 32.1 Å². The van der Waals surface area contributed by atoms with Gasteiger partial charge in [0.25, 0.3) is 0 Å². The van der Waals surface area contributed by atoms with Crippen molar-refractivity contribution in [2.45, 2.75) is 31.8 Å². The van der Waals surface area contributed by atoms with Crippen LogP contribution in [0, 0.1) is 0 Å². The van der Waals surface area contributed by atoms with Crippen LogP contribution >= 0.6 is 0 Å². The molecule has 0 radical (unpaired) electrons. The second-order valence-corrected chi connectivity index (χ2v) is 4.69. The minimum atomic E-state index is 0.0565. The quantitative estimate of drug-likeness (QED) is 0.515. The van der Waals surface area contributed by atoms with Crippen LogP contribution in [0.15, 0.2) is 4.42 Å². The smallest absolute Gasteiger partial charge is 0.315 e. The van der Waals surface area contributed by atoms with Crippen LogP contribution in [0.3, 0.4) is 0 Å². The number of nitrogens with one attached hydrogen (secondary N) is 3. The summed E-state index contributed by atoms with van der Waals surface area (Å²) in [7, 11) is 1.65. The van der Waals surface area contributed by atoms with Gasteiger partial charge in [-0.1, -0.05) is 5.10 Å². The number of carbonyl (C=O) groups is 1. The van der Waals surface area contributed by atoms with Crippen molar-refractivity contribution in [3.8, 4) is 0 Å². The van der Waals surface area contributed by atoms with Crippen LogP contribution in [0.25, 0.3) is 0 Å². The van der Waals surface area contributed by atoms with E-state index in [1.807, 2.05) is 0 Å². The molecule has 1 aromatic heterocycles. The fourth-order valence-electron chi connectivity index (χ4n) is 1.58. The average molecular weight is 283 g/mol. The molecule has 1 aromatic rings. The Labute approximate surface area is 117 Å². The van der Waals surface area contributed by atoms with Gasteiger partial charge in [-0.15, -0.1) is 5.10 Å². The zero-order valence-corrected chi connectivity index (χ0v) is 11.6. The molecule has 112 valence electrons. The SMILES string of the molecule is COCCNCc1nnc(NCCC(=O)NC2CC2)o1. The summed E-state index contributed by atoms with van der Waals surface area (Å²) in [6.45, 7) is 2.34. The van der Waals surface area contributed by atoms with Crippen molar-refractivity contribution in [1.29, 1.82) is 0 Å². The molecule has 0 bridgehead atoms. The number of ether oxygens (including phenoxy) is 1. The van der Waals surface area contributed by atoms with Gasteiger partial charge < -0.3 is 25.1 Å². The summed E-state index contributed by atoms with van der Waals surface area (Å²) in [6, 6.07) is 0.739. The Bertz CT molecular complexity index is 419. The van der Waals surface area contributed by atoms with E-state index in [0.29, 0.717) is 44.1 Å². The first-order valence-electron chi connectivity index (χ1n) is 6.83. The predicted molar refractivity (Wildman–Crippen MR) is 72.2 cm³/mol. The van der Waals surface area contributed by atoms with Gasteiger partial charge in [-0.2, -0.15) is 0 Å². The van der Waals surface area contributed by atoms with Crippen molar-refractivity contribution in [1.82, 2.24) is 20.8 Å². The molecule has 1 aliphatic rings. The Hall–Kier alpha value is -1.67. The molecular weight excluding hydrogens is 262 g/mol. The van der Waals surface area contributed by atoms with Gasteiger partial charge >= 0.3 is 6.01 Å². The summed E-state index contributed by atoms with van der Waals surface area (Å²) in [5.74, 6) is 0.562. The fraction of sp³-hybridized carbons (Fsp3) is 0.750. The summed E-state index contributed by atoms with van der Waals surface area (Å²) < 4.78 is 10.3.